The van der Waals surface area contributed by atoms with Gasteiger partial charge in [0, 0.05) is 5.56 Å². The van der Waals surface area contributed by atoms with Crippen LogP contribution < -0.4 is 28.6 Å². The number of ketones is 1. The summed E-state index contributed by atoms with van der Waals surface area (Å²) in [5.41, 5.74) is 1.39. The molecule has 0 unspecified atom stereocenters. The summed E-state index contributed by atoms with van der Waals surface area (Å²) >= 11 is 1.25. The Kier molecular flexibility index (Phi) is 6.88. The number of Topliss-reactive ketones (excluding diaryl/α,β-unsaturated/α-hetero) is 1. The highest BCUT2D eigenvalue weighted by Gasteiger charge is 2.48. The number of hydrogen-bond donors (Lipinski definition) is 1. The number of benzene rings is 3. The third-order valence-corrected chi connectivity index (χ3v) is 7.87. The first-order chi connectivity index (χ1) is 19.9. The number of amides is 1. The molecule has 1 saturated heterocycles. The number of anilines is 1. The fourth-order valence-electron chi connectivity index (χ4n) is 4.97. The quantitative estimate of drug-likeness (QED) is 0.183. The number of ether oxygens (including phenoxy) is 5. The highest BCUT2D eigenvalue weighted by Crippen LogP contribution is 2.46. The van der Waals surface area contributed by atoms with Crippen molar-refractivity contribution in [1.29, 1.82) is 0 Å². The van der Waals surface area contributed by atoms with E-state index in [4.69, 9.17) is 23.7 Å². The Morgan fingerprint density at radius 2 is 1.78 bits per heavy atom. The van der Waals surface area contributed by atoms with Crippen LogP contribution in [0.5, 0.6) is 28.7 Å². The molecule has 41 heavy (non-hydrogen) atoms. The molecular formula is C30H26N2O8S. The summed E-state index contributed by atoms with van der Waals surface area (Å²) in [6.45, 7) is 3.17. The van der Waals surface area contributed by atoms with E-state index in [0.717, 1.165) is 4.70 Å². The lowest BCUT2D eigenvalue weighted by atomic mass is 9.95. The lowest BCUT2D eigenvalue weighted by Crippen LogP contribution is -2.29. The van der Waals surface area contributed by atoms with Crippen molar-refractivity contribution < 1.29 is 38.4 Å². The van der Waals surface area contributed by atoms with Gasteiger partial charge in [-0.25, -0.2) is 4.98 Å². The van der Waals surface area contributed by atoms with Crippen LogP contribution in [-0.4, -0.2) is 55.8 Å². The van der Waals surface area contributed by atoms with Crippen molar-refractivity contribution >= 4 is 44.1 Å². The Labute approximate surface area is 239 Å². The SMILES string of the molecule is CCOc1ccc2nc(N3C(=O)C(=O)/C(=C(/O)c4ccc5c(c4)OCCO5)[C@H]3c3ccc(OC)c(OC)c3)sc2c1. The number of rotatable bonds is 7. The van der Waals surface area contributed by atoms with Gasteiger partial charge in [-0.15, -0.1) is 0 Å². The van der Waals surface area contributed by atoms with E-state index < -0.39 is 17.7 Å². The first-order valence-corrected chi connectivity index (χ1v) is 13.7. The highest BCUT2D eigenvalue weighted by molar-refractivity contribution is 7.22. The summed E-state index contributed by atoms with van der Waals surface area (Å²) in [6, 6.07) is 14.4. The van der Waals surface area contributed by atoms with Crippen molar-refractivity contribution in [1.82, 2.24) is 4.98 Å². The number of thiazole rings is 1. The molecule has 3 aromatic carbocycles. The van der Waals surface area contributed by atoms with Crippen molar-refractivity contribution in [3.05, 3.63) is 71.3 Å². The number of aliphatic hydroxyl groups excluding tert-OH is 1. The average molecular weight is 575 g/mol. The first-order valence-electron chi connectivity index (χ1n) is 12.9. The van der Waals surface area contributed by atoms with E-state index in [1.54, 1.807) is 48.5 Å². The van der Waals surface area contributed by atoms with Crippen molar-refractivity contribution in [3.63, 3.8) is 0 Å². The summed E-state index contributed by atoms with van der Waals surface area (Å²) < 4.78 is 28.6. The Morgan fingerprint density at radius 1 is 1.00 bits per heavy atom. The number of carbonyl (C=O) groups excluding carboxylic acids is 2. The largest absolute Gasteiger partial charge is 0.507 e. The van der Waals surface area contributed by atoms with Gasteiger partial charge in [-0.2, -0.15) is 0 Å². The van der Waals surface area contributed by atoms with Gasteiger partial charge in [0.25, 0.3) is 5.78 Å². The lowest BCUT2D eigenvalue weighted by molar-refractivity contribution is -0.132. The van der Waals surface area contributed by atoms with E-state index in [-0.39, 0.29) is 11.3 Å². The van der Waals surface area contributed by atoms with Gasteiger partial charge in [-0.3, -0.25) is 14.5 Å². The third kappa shape index (κ3) is 4.57. The topological polar surface area (TPSA) is 117 Å². The molecule has 11 heteroatoms. The van der Waals surface area contributed by atoms with Gasteiger partial charge in [0.2, 0.25) is 0 Å². The number of fused-ring (bicyclic) bond motifs is 2. The molecule has 4 aromatic rings. The van der Waals surface area contributed by atoms with Crippen LogP contribution in [0.25, 0.3) is 16.0 Å². The number of aromatic nitrogens is 1. The second kappa shape index (κ2) is 10.7. The maximum absolute atomic E-state index is 13.7. The molecule has 2 aliphatic rings. The van der Waals surface area contributed by atoms with E-state index in [9.17, 15) is 14.7 Å². The summed E-state index contributed by atoms with van der Waals surface area (Å²) in [5.74, 6) is 0.525. The van der Waals surface area contributed by atoms with Gasteiger partial charge < -0.3 is 28.8 Å². The summed E-state index contributed by atoms with van der Waals surface area (Å²) in [7, 11) is 3.01. The fourth-order valence-corrected chi connectivity index (χ4v) is 5.99. The van der Waals surface area contributed by atoms with Crippen molar-refractivity contribution in [3.8, 4) is 28.7 Å². The van der Waals surface area contributed by atoms with Gasteiger partial charge in [0.15, 0.2) is 28.1 Å². The van der Waals surface area contributed by atoms with E-state index in [1.165, 1.54) is 30.5 Å². The second-order valence-corrected chi connectivity index (χ2v) is 10.2. The van der Waals surface area contributed by atoms with Gasteiger partial charge >= 0.3 is 5.91 Å². The molecule has 1 aromatic heterocycles. The number of aliphatic hydroxyl groups is 1. The maximum Gasteiger partial charge on any atom is 0.301 e. The van der Waals surface area contributed by atoms with Crippen LogP contribution in [0.15, 0.2) is 60.2 Å². The fraction of sp³-hybridized carbons (Fsp3) is 0.233. The Balaban J connectivity index is 1.53. The van der Waals surface area contributed by atoms with E-state index >= 15 is 0 Å². The molecule has 1 atom stereocenters. The van der Waals surface area contributed by atoms with Crippen molar-refractivity contribution in [2.75, 3.05) is 38.9 Å². The molecule has 10 nitrogen and oxygen atoms in total. The molecule has 0 aliphatic carbocycles. The molecular weight excluding hydrogens is 548 g/mol. The molecule has 2 aliphatic heterocycles. The molecule has 1 amide bonds. The van der Waals surface area contributed by atoms with Crippen LogP contribution in [0.2, 0.25) is 0 Å². The molecule has 3 heterocycles. The Hall–Kier alpha value is -4.77. The molecule has 210 valence electrons. The normalized spacial score (nSPS) is 17.6. The van der Waals surface area contributed by atoms with Gasteiger partial charge in [0.1, 0.15) is 24.7 Å². The van der Waals surface area contributed by atoms with Gasteiger partial charge in [-0.1, -0.05) is 17.4 Å². The van der Waals surface area contributed by atoms with Crippen molar-refractivity contribution in [2.45, 2.75) is 13.0 Å². The zero-order chi connectivity index (χ0) is 28.7. The van der Waals surface area contributed by atoms with E-state index in [0.29, 0.717) is 70.3 Å². The predicted molar refractivity (Wildman–Crippen MR) is 153 cm³/mol. The van der Waals surface area contributed by atoms with E-state index in [1.807, 2.05) is 13.0 Å². The molecule has 1 N–H and O–H groups in total. The van der Waals surface area contributed by atoms with Crippen LogP contribution in [0.1, 0.15) is 24.1 Å². The Morgan fingerprint density at radius 3 is 2.54 bits per heavy atom. The van der Waals surface area contributed by atoms with Crippen LogP contribution in [0.4, 0.5) is 5.13 Å². The minimum atomic E-state index is -1.00. The summed E-state index contributed by atoms with van der Waals surface area (Å²) in [5, 5.41) is 11.9. The minimum absolute atomic E-state index is 0.0897. The van der Waals surface area contributed by atoms with Crippen LogP contribution in [0.3, 0.4) is 0 Å². The maximum atomic E-state index is 13.7. The number of hydrogen-bond acceptors (Lipinski definition) is 10. The highest BCUT2D eigenvalue weighted by atomic mass is 32.1. The second-order valence-electron chi connectivity index (χ2n) is 9.20. The van der Waals surface area contributed by atoms with Gasteiger partial charge in [-0.05, 0) is 61.0 Å². The standard InChI is InChI=1S/C30H26N2O8S/c1-4-38-18-7-8-19-24(15-18)41-30(31-19)32-26(16-5-9-20(36-2)22(13-16)37-3)25(28(34)29(32)35)27(33)17-6-10-21-23(14-17)40-12-11-39-21/h5-10,13-15,26,33H,4,11-12H2,1-3H3/b27-25+/t26-/m1/s1. The lowest BCUT2D eigenvalue weighted by Gasteiger charge is -2.24. The number of methoxy groups -OCH3 is 2. The Bertz CT molecular complexity index is 1710. The van der Waals surface area contributed by atoms with Crippen molar-refractivity contribution in [2.24, 2.45) is 0 Å². The minimum Gasteiger partial charge on any atom is -0.507 e. The number of carbonyl (C=O) groups is 2. The van der Waals surface area contributed by atoms with E-state index in [2.05, 4.69) is 4.98 Å². The molecule has 0 radical (unpaired) electrons. The molecule has 0 saturated carbocycles. The zero-order valence-electron chi connectivity index (χ0n) is 22.5. The molecule has 6 rings (SSSR count). The molecule has 0 bridgehead atoms. The smallest absolute Gasteiger partial charge is 0.301 e. The van der Waals surface area contributed by atoms with Crippen LogP contribution >= 0.6 is 11.3 Å². The monoisotopic (exact) mass is 574 g/mol. The summed E-state index contributed by atoms with van der Waals surface area (Å²) in [4.78, 5) is 33.3. The first kappa shape index (κ1) is 26.5. The third-order valence-electron chi connectivity index (χ3n) is 6.85. The van der Waals surface area contributed by atoms with Crippen LogP contribution in [-0.2, 0) is 9.59 Å². The number of nitrogens with zero attached hydrogens (tertiary/aromatic N) is 2. The molecule has 1 fully saturated rings. The average Bonchev–Trinajstić information content (AvgIpc) is 3.53. The summed E-state index contributed by atoms with van der Waals surface area (Å²) in [6.07, 6.45) is 0. The van der Waals surface area contributed by atoms with Gasteiger partial charge in [0.05, 0.1) is 42.7 Å². The molecule has 0 spiro atoms. The zero-order valence-corrected chi connectivity index (χ0v) is 23.3. The van der Waals surface area contributed by atoms with Crippen LogP contribution in [0, 0.1) is 0 Å². The predicted octanol–water partition coefficient (Wildman–Crippen LogP) is 5.11.